The van der Waals surface area contributed by atoms with Gasteiger partial charge >= 0.3 is 0 Å². The molecule has 0 aliphatic carbocycles. The van der Waals surface area contributed by atoms with Crippen molar-refractivity contribution in [1.29, 1.82) is 0 Å². The second-order valence-electron chi connectivity index (χ2n) is 0. The van der Waals surface area contributed by atoms with E-state index in [1.54, 1.807) is 0 Å². The predicted molar refractivity (Wildman–Crippen MR) is 38.4 cm³/mol. The molecule has 0 spiro atoms. The average molecular weight is 142 g/mol. The third-order valence-corrected chi connectivity index (χ3v) is 0. The minimum Gasteiger partial charge on any atom is -0.0776 e. The number of rotatable bonds is 0. The van der Waals surface area contributed by atoms with Crippen molar-refractivity contribution in [3.63, 3.8) is 0 Å². The first kappa shape index (κ1) is 59.2. The summed E-state index contributed by atoms with van der Waals surface area (Å²) in [5.74, 6) is 0. The fourth-order valence-electron chi connectivity index (χ4n) is 0. The van der Waals surface area contributed by atoms with Crippen LogP contribution in [0.2, 0.25) is 0 Å². The van der Waals surface area contributed by atoms with Crippen molar-refractivity contribution >= 4 is 103 Å². The molecule has 0 bridgehead atoms. The van der Waals surface area contributed by atoms with Crippen LogP contribution < -0.4 is 0 Å². The first-order valence-corrected chi connectivity index (χ1v) is 0. The normalized spacial score (nSPS) is 0. The molecular weight excluding hydrogens is 126 g/mol. The maximum Gasteiger partial charge on any atom is 0 e. The Balaban J connectivity index is 0. The molecule has 0 saturated heterocycles. The van der Waals surface area contributed by atoms with Gasteiger partial charge in [0.05, 0.1) is 0 Å². The van der Waals surface area contributed by atoms with Gasteiger partial charge in [0.2, 0.25) is 0 Å². The molecular formula is C4H16K2. The summed E-state index contributed by atoms with van der Waals surface area (Å²) in [6.07, 6.45) is 0. The van der Waals surface area contributed by atoms with Crippen LogP contribution in [0.25, 0.3) is 0 Å². The summed E-state index contributed by atoms with van der Waals surface area (Å²) < 4.78 is 0. The van der Waals surface area contributed by atoms with E-state index in [9.17, 15) is 0 Å². The second kappa shape index (κ2) is 40.9. The van der Waals surface area contributed by atoms with Crippen molar-refractivity contribution < 1.29 is 0 Å². The van der Waals surface area contributed by atoms with E-state index in [1.165, 1.54) is 0 Å². The largest absolute Gasteiger partial charge is 0.0776 e. The van der Waals surface area contributed by atoms with E-state index < -0.39 is 0 Å². The van der Waals surface area contributed by atoms with Crippen LogP contribution >= 0.6 is 0 Å². The Morgan fingerprint density at radius 3 is 0.333 bits per heavy atom. The molecule has 0 aromatic rings. The van der Waals surface area contributed by atoms with Gasteiger partial charge in [0.25, 0.3) is 0 Å². The van der Waals surface area contributed by atoms with Crippen molar-refractivity contribution in [1.82, 2.24) is 0 Å². The van der Waals surface area contributed by atoms with Crippen molar-refractivity contribution in [2.45, 2.75) is 29.7 Å². The third-order valence-electron chi connectivity index (χ3n) is 0. The molecule has 0 fully saturated rings. The van der Waals surface area contributed by atoms with E-state index in [4.69, 9.17) is 0 Å². The van der Waals surface area contributed by atoms with Crippen LogP contribution in [0, 0.1) is 0 Å². The van der Waals surface area contributed by atoms with Crippen molar-refractivity contribution in [2.24, 2.45) is 0 Å². The molecule has 0 aromatic carbocycles. The van der Waals surface area contributed by atoms with Crippen LogP contribution in [0.3, 0.4) is 0 Å². The van der Waals surface area contributed by atoms with Gasteiger partial charge in [0, 0.05) is 103 Å². The molecule has 2 heteroatoms. The average Bonchev–Trinajstić information content (AvgIpc) is 0. The molecule has 0 rings (SSSR count). The van der Waals surface area contributed by atoms with Gasteiger partial charge in [0.1, 0.15) is 0 Å². The Labute approximate surface area is 129 Å². The predicted octanol–water partition coefficient (Wildman–Crippen LogP) is 1.78. The fourth-order valence-corrected chi connectivity index (χ4v) is 0. The Hall–Kier alpha value is 3.27. The molecule has 0 saturated carbocycles. The zero-order chi connectivity index (χ0) is 0. The van der Waals surface area contributed by atoms with E-state index in [0.717, 1.165) is 0 Å². The zero-order valence-electron chi connectivity index (χ0n) is 2.00. The summed E-state index contributed by atoms with van der Waals surface area (Å²) in [5.41, 5.74) is 0. The van der Waals surface area contributed by atoms with Crippen molar-refractivity contribution in [3.05, 3.63) is 0 Å². The van der Waals surface area contributed by atoms with Crippen LogP contribution in [0.4, 0.5) is 0 Å². The molecule has 6 heavy (non-hydrogen) atoms. The fraction of sp³-hybridized carbons (Fsp3) is 1.00. The quantitative estimate of drug-likeness (QED) is 0.452. The van der Waals surface area contributed by atoms with Gasteiger partial charge in [-0.1, -0.05) is 29.7 Å². The van der Waals surface area contributed by atoms with E-state index in [1.807, 2.05) is 0 Å². The Morgan fingerprint density at radius 1 is 0.333 bits per heavy atom. The molecule has 0 aromatic heterocycles. The minimum atomic E-state index is 0. The maximum absolute atomic E-state index is 0. The van der Waals surface area contributed by atoms with Crippen LogP contribution in [0.1, 0.15) is 29.7 Å². The molecule has 0 heterocycles. The molecule has 34 valence electrons. The van der Waals surface area contributed by atoms with Gasteiger partial charge < -0.3 is 0 Å². The van der Waals surface area contributed by atoms with Gasteiger partial charge in [-0.25, -0.2) is 0 Å². The van der Waals surface area contributed by atoms with Gasteiger partial charge in [-0.05, 0) is 0 Å². The van der Waals surface area contributed by atoms with Gasteiger partial charge in [-0.15, -0.1) is 0 Å². The van der Waals surface area contributed by atoms with Crippen molar-refractivity contribution in [2.75, 3.05) is 0 Å². The first-order chi connectivity index (χ1) is 0. The van der Waals surface area contributed by atoms with E-state index >= 15 is 0 Å². The minimum absolute atomic E-state index is 0. The number of hydrogen-bond acceptors (Lipinski definition) is 0. The molecule has 0 unspecified atom stereocenters. The summed E-state index contributed by atoms with van der Waals surface area (Å²) in [6.45, 7) is 0. The van der Waals surface area contributed by atoms with Gasteiger partial charge in [-0.2, -0.15) is 0 Å². The summed E-state index contributed by atoms with van der Waals surface area (Å²) >= 11 is 0. The Bertz CT molecular complexity index is 5.51. The van der Waals surface area contributed by atoms with Gasteiger partial charge in [-0.3, -0.25) is 0 Å². The van der Waals surface area contributed by atoms with Crippen LogP contribution in [0.5, 0.6) is 0 Å². The third kappa shape index (κ3) is 26.7. The topological polar surface area (TPSA) is 0 Å². The molecule has 0 aliphatic rings. The maximum atomic E-state index is 0. The van der Waals surface area contributed by atoms with E-state index in [0.29, 0.717) is 0 Å². The van der Waals surface area contributed by atoms with Crippen LogP contribution in [0.15, 0.2) is 0 Å². The first-order valence-electron chi connectivity index (χ1n) is 0. The standard InChI is InChI=1S/4CH4.2K/h4*1H4;;. The van der Waals surface area contributed by atoms with Crippen molar-refractivity contribution in [3.8, 4) is 0 Å². The molecule has 2 radical (unpaired) electrons. The van der Waals surface area contributed by atoms with Gasteiger partial charge in [0.15, 0.2) is 0 Å². The zero-order valence-corrected chi connectivity index (χ0v) is 8.25. The van der Waals surface area contributed by atoms with Crippen LogP contribution in [-0.4, -0.2) is 103 Å². The second-order valence-corrected chi connectivity index (χ2v) is 0. The molecule has 0 N–H and O–H groups in total. The smallest absolute Gasteiger partial charge is 0 e. The molecule has 0 aliphatic heterocycles. The molecule has 0 nitrogen and oxygen atoms in total. The summed E-state index contributed by atoms with van der Waals surface area (Å²) in [4.78, 5) is 0. The molecule has 0 amide bonds. The SMILES string of the molecule is C.C.C.C.[K].[K]. The Morgan fingerprint density at radius 2 is 0.333 bits per heavy atom. The monoisotopic (exact) mass is 142 g/mol. The Kier molecular flexibility index (Phi) is 403. The van der Waals surface area contributed by atoms with E-state index in [2.05, 4.69) is 0 Å². The summed E-state index contributed by atoms with van der Waals surface area (Å²) in [5, 5.41) is 0. The van der Waals surface area contributed by atoms with E-state index in [-0.39, 0.29) is 132 Å². The number of hydrogen-bond donors (Lipinski definition) is 0. The summed E-state index contributed by atoms with van der Waals surface area (Å²) in [6, 6.07) is 0. The molecule has 0 atom stereocenters. The summed E-state index contributed by atoms with van der Waals surface area (Å²) in [7, 11) is 0. The van der Waals surface area contributed by atoms with Crippen LogP contribution in [-0.2, 0) is 0 Å².